The van der Waals surface area contributed by atoms with Crippen LogP contribution in [0, 0.1) is 11.8 Å². The molecule has 0 aromatic heterocycles. The number of methoxy groups -OCH3 is 1. The molecule has 0 aliphatic carbocycles. The van der Waals surface area contributed by atoms with Crippen LogP contribution in [0.25, 0.3) is 0 Å². The van der Waals surface area contributed by atoms with Gasteiger partial charge in [-0.3, -0.25) is 14.7 Å². The van der Waals surface area contributed by atoms with Crippen molar-refractivity contribution in [3.8, 4) is 5.75 Å². The zero-order chi connectivity index (χ0) is 22.1. The van der Waals surface area contributed by atoms with Crippen molar-refractivity contribution in [3.05, 3.63) is 29.8 Å². The van der Waals surface area contributed by atoms with E-state index in [0.717, 1.165) is 63.8 Å². The van der Waals surface area contributed by atoms with Crippen LogP contribution in [0.5, 0.6) is 5.75 Å². The van der Waals surface area contributed by atoms with Gasteiger partial charge in [0.05, 0.1) is 19.6 Å². The van der Waals surface area contributed by atoms with E-state index in [-0.39, 0.29) is 11.9 Å². The molecule has 1 N–H and O–H groups in total. The highest BCUT2D eigenvalue weighted by atomic mass is 16.5. The van der Waals surface area contributed by atoms with Gasteiger partial charge in [-0.05, 0) is 69.3 Å². The standard InChI is InChI=1S/C24H38N4O3/c1-4-31-23(29)21-11-15-28(16-12-21)24(25-2)26-17-19-9-13-27(14-10-19)18-20-5-7-22(30-3)8-6-20/h5-8,19,21H,4,9-18H2,1-3H3,(H,25,26). The molecule has 31 heavy (non-hydrogen) atoms. The minimum atomic E-state index is -0.0495. The van der Waals surface area contributed by atoms with Gasteiger partial charge >= 0.3 is 5.97 Å². The van der Waals surface area contributed by atoms with Gasteiger partial charge in [0.15, 0.2) is 5.96 Å². The Morgan fingerprint density at radius 1 is 1.10 bits per heavy atom. The number of hydrogen-bond donors (Lipinski definition) is 1. The fourth-order valence-electron chi connectivity index (χ4n) is 4.49. The van der Waals surface area contributed by atoms with E-state index in [9.17, 15) is 4.79 Å². The Morgan fingerprint density at radius 3 is 2.35 bits per heavy atom. The van der Waals surface area contributed by atoms with Crippen LogP contribution >= 0.6 is 0 Å². The number of carbonyl (C=O) groups excluding carboxylic acids is 1. The van der Waals surface area contributed by atoms with Crippen molar-refractivity contribution >= 4 is 11.9 Å². The lowest BCUT2D eigenvalue weighted by Gasteiger charge is -2.35. The number of benzene rings is 1. The van der Waals surface area contributed by atoms with E-state index in [2.05, 4.69) is 32.2 Å². The number of esters is 1. The highest BCUT2D eigenvalue weighted by molar-refractivity contribution is 5.80. The molecule has 2 aliphatic heterocycles. The fraction of sp³-hybridized carbons (Fsp3) is 0.667. The number of guanidine groups is 1. The predicted molar refractivity (Wildman–Crippen MR) is 123 cm³/mol. The maximum atomic E-state index is 12.0. The van der Waals surface area contributed by atoms with Gasteiger partial charge in [-0.1, -0.05) is 12.1 Å². The summed E-state index contributed by atoms with van der Waals surface area (Å²) in [4.78, 5) is 21.2. The number of nitrogens with one attached hydrogen (secondary N) is 1. The molecule has 2 heterocycles. The van der Waals surface area contributed by atoms with E-state index in [1.165, 1.54) is 18.4 Å². The van der Waals surface area contributed by atoms with E-state index >= 15 is 0 Å². The predicted octanol–water partition coefficient (Wildman–Crippen LogP) is 2.76. The average molecular weight is 431 g/mol. The summed E-state index contributed by atoms with van der Waals surface area (Å²) < 4.78 is 10.4. The zero-order valence-corrected chi connectivity index (χ0v) is 19.3. The third kappa shape index (κ3) is 6.86. The van der Waals surface area contributed by atoms with Gasteiger partial charge in [-0.25, -0.2) is 0 Å². The number of ether oxygens (including phenoxy) is 2. The average Bonchev–Trinajstić information content (AvgIpc) is 2.81. The molecule has 0 atom stereocenters. The zero-order valence-electron chi connectivity index (χ0n) is 19.3. The molecule has 0 spiro atoms. The summed E-state index contributed by atoms with van der Waals surface area (Å²) in [6.45, 7) is 8.24. The molecule has 0 unspecified atom stereocenters. The molecule has 3 rings (SSSR count). The first-order chi connectivity index (χ1) is 15.1. The van der Waals surface area contributed by atoms with Gasteiger partial charge in [-0.2, -0.15) is 0 Å². The number of hydrogen-bond acceptors (Lipinski definition) is 5. The fourth-order valence-corrected chi connectivity index (χ4v) is 4.49. The molecule has 2 aliphatic rings. The molecule has 0 amide bonds. The molecule has 2 saturated heterocycles. The van der Waals surface area contributed by atoms with Crippen LogP contribution in [-0.2, 0) is 16.1 Å². The van der Waals surface area contributed by atoms with Crippen molar-refractivity contribution in [2.24, 2.45) is 16.8 Å². The summed E-state index contributed by atoms with van der Waals surface area (Å²) in [6.07, 6.45) is 4.07. The number of piperidine rings is 2. The first-order valence-corrected chi connectivity index (χ1v) is 11.6. The Bertz CT molecular complexity index is 706. The van der Waals surface area contributed by atoms with Crippen LogP contribution in [0.1, 0.15) is 38.2 Å². The highest BCUT2D eigenvalue weighted by Gasteiger charge is 2.28. The van der Waals surface area contributed by atoms with Crippen molar-refractivity contribution in [3.63, 3.8) is 0 Å². The molecule has 1 aromatic carbocycles. The molecule has 2 fully saturated rings. The monoisotopic (exact) mass is 430 g/mol. The summed E-state index contributed by atoms with van der Waals surface area (Å²) in [5.74, 6) is 2.52. The smallest absolute Gasteiger partial charge is 0.309 e. The molecule has 0 bridgehead atoms. The summed E-state index contributed by atoms with van der Waals surface area (Å²) in [5, 5.41) is 3.58. The number of rotatable bonds is 7. The summed E-state index contributed by atoms with van der Waals surface area (Å²) in [6, 6.07) is 8.38. The second kappa shape index (κ2) is 11.9. The van der Waals surface area contributed by atoms with E-state index in [0.29, 0.717) is 12.5 Å². The summed E-state index contributed by atoms with van der Waals surface area (Å²) >= 11 is 0. The van der Waals surface area contributed by atoms with E-state index < -0.39 is 0 Å². The van der Waals surface area contributed by atoms with Crippen molar-refractivity contribution in [2.45, 2.75) is 39.2 Å². The van der Waals surface area contributed by atoms with Crippen LogP contribution in [0.15, 0.2) is 29.3 Å². The van der Waals surface area contributed by atoms with E-state index in [4.69, 9.17) is 9.47 Å². The molecule has 1 aromatic rings. The maximum Gasteiger partial charge on any atom is 0.309 e. The van der Waals surface area contributed by atoms with E-state index in [1.54, 1.807) is 7.11 Å². The van der Waals surface area contributed by atoms with Crippen LogP contribution in [0.4, 0.5) is 0 Å². The molecule has 7 nitrogen and oxygen atoms in total. The van der Waals surface area contributed by atoms with Gasteiger partial charge in [0.2, 0.25) is 0 Å². The van der Waals surface area contributed by atoms with Crippen LogP contribution in [-0.4, -0.2) is 75.2 Å². The lowest BCUT2D eigenvalue weighted by molar-refractivity contribution is -0.149. The minimum absolute atomic E-state index is 0.0318. The Hall–Kier alpha value is -2.28. The third-order valence-corrected chi connectivity index (χ3v) is 6.45. The second-order valence-corrected chi connectivity index (χ2v) is 8.51. The van der Waals surface area contributed by atoms with Crippen molar-refractivity contribution in [2.75, 3.05) is 53.5 Å². The van der Waals surface area contributed by atoms with Gasteiger partial charge in [0.25, 0.3) is 0 Å². The molecule has 0 saturated carbocycles. The second-order valence-electron chi connectivity index (χ2n) is 8.51. The van der Waals surface area contributed by atoms with Crippen molar-refractivity contribution in [1.29, 1.82) is 0 Å². The Kier molecular flexibility index (Phi) is 9.00. The first kappa shape index (κ1) is 23.4. The van der Waals surface area contributed by atoms with Crippen molar-refractivity contribution in [1.82, 2.24) is 15.1 Å². The van der Waals surface area contributed by atoms with Crippen LogP contribution in [0.2, 0.25) is 0 Å². The number of carbonyl (C=O) groups is 1. The van der Waals surface area contributed by atoms with Gasteiger partial charge in [0.1, 0.15) is 5.75 Å². The topological polar surface area (TPSA) is 66.4 Å². The molecular weight excluding hydrogens is 392 g/mol. The van der Waals surface area contributed by atoms with Crippen LogP contribution in [0.3, 0.4) is 0 Å². The molecule has 172 valence electrons. The Labute approximate surface area is 186 Å². The van der Waals surface area contributed by atoms with Gasteiger partial charge in [0, 0.05) is 33.2 Å². The lowest BCUT2D eigenvalue weighted by Crippen LogP contribution is -2.48. The van der Waals surface area contributed by atoms with E-state index in [1.807, 2.05) is 26.1 Å². The lowest BCUT2D eigenvalue weighted by atomic mass is 9.96. The number of likely N-dealkylation sites (tertiary alicyclic amines) is 2. The molecule has 0 radical (unpaired) electrons. The number of aliphatic imine (C=N–C) groups is 1. The van der Waals surface area contributed by atoms with Crippen LogP contribution < -0.4 is 10.1 Å². The maximum absolute atomic E-state index is 12.0. The largest absolute Gasteiger partial charge is 0.497 e. The molecule has 7 heteroatoms. The van der Waals surface area contributed by atoms with Gasteiger partial charge in [-0.15, -0.1) is 0 Å². The van der Waals surface area contributed by atoms with Crippen molar-refractivity contribution < 1.29 is 14.3 Å². The Balaban J connectivity index is 1.37. The minimum Gasteiger partial charge on any atom is -0.497 e. The number of nitrogens with zero attached hydrogens (tertiary/aromatic N) is 3. The molecular formula is C24H38N4O3. The highest BCUT2D eigenvalue weighted by Crippen LogP contribution is 2.21. The summed E-state index contributed by atoms with van der Waals surface area (Å²) in [7, 11) is 3.55. The first-order valence-electron chi connectivity index (χ1n) is 11.6. The Morgan fingerprint density at radius 2 is 1.77 bits per heavy atom. The quantitative estimate of drug-likeness (QED) is 0.408. The third-order valence-electron chi connectivity index (χ3n) is 6.45. The summed E-state index contributed by atoms with van der Waals surface area (Å²) in [5.41, 5.74) is 1.34. The SMILES string of the molecule is CCOC(=O)C1CCN(C(=NC)NCC2CCN(Cc3ccc(OC)cc3)CC2)CC1. The normalized spacial score (nSPS) is 19.3. The van der Waals surface area contributed by atoms with Gasteiger partial charge < -0.3 is 19.7 Å².